The Labute approximate surface area is 79.1 Å². The Morgan fingerprint density at radius 2 is 1.92 bits per heavy atom. The molecule has 13 heavy (non-hydrogen) atoms. The van der Waals surface area contributed by atoms with Crippen molar-refractivity contribution < 1.29 is 9.90 Å². The first kappa shape index (κ1) is 10.3. The van der Waals surface area contributed by atoms with Gasteiger partial charge in [0, 0.05) is 26.2 Å². The maximum atomic E-state index is 11.6. The van der Waals surface area contributed by atoms with Gasteiger partial charge in [0.25, 0.3) is 0 Å². The van der Waals surface area contributed by atoms with E-state index in [1.54, 1.807) is 4.90 Å². The summed E-state index contributed by atoms with van der Waals surface area (Å²) in [4.78, 5) is 15.2. The van der Waals surface area contributed by atoms with E-state index in [9.17, 15) is 4.79 Å². The summed E-state index contributed by atoms with van der Waals surface area (Å²) in [5.74, 6) is 0. The quantitative estimate of drug-likeness (QED) is 0.695. The molecule has 0 saturated carbocycles. The van der Waals surface area contributed by atoms with Crippen LogP contribution in [-0.2, 0) is 0 Å². The lowest BCUT2D eigenvalue weighted by Gasteiger charge is -2.35. The summed E-state index contributed by atoms with van der Waals surface area (Å²) in [6, 6.07) is 0.0853. The number of aliphatic hydroxyl groups is 1. The van der Waals surface area contributed by atoms with Gasteiger partial charge in [0.15, 0.2) is 0 Å². The van der Waals surface area contributed by atoms with Gasteiger partial charge in [0.1, 0.15) is 0 Å². The highest BCUT2D eigenvalue weighted by molar-refractivity contribution is 5.75. The van der Waals surface area contributed by atoms with Crippen LogP contribution in [0.15, 0.2) is 0 Å². The van der Waals surface area contributed by atoms with Gasteiger partial charge < -0.3 is 14.9 Å². The summed E-state index contributed by atoms with van der Waals surface area (Å²) >= 11 is 0. The Morgan fingerprint density at radius 3 is 2.46 bits per heavy atom. The fourth-order valence-electron chi connectivity index (χ4n) is 1.65. The molecule has 2 amide bonds. The number of hydrogen-bond acceptors (Lipinski definition) is 2. The van der Waals surface area contributed by atoms with E-state index in [0.717, 1.165) is 32.5 Å². The molecule has 76 valence electrons. The van der Waals surface area contributed by atoms with Crippen molar-refractivity contribution in [3.63, 3.8) is 0 Å². The second-order valence-corrected chi connectivity index (χ2v) is 3.33. The lowest BCUT2D eigenvalue weighted by molar-refractivity contribution is 0.117. The van der Waals surface area contributed by atoms with E-state index in [1.807, 2.05) is 4.90 Å². The average molecular weight is 186 g/mol. The van der Waals surface area contributed by atoms with Crippen LogP contribution in [0.4, 0.5) is 4.79 Å². The normalized spacial score (nSPS) is 18.2. The molecule has 0 aromatic rings. The molecule has 4 nitrogen and oxygen atoms in total. The zero-order chi connectivity index (χ0) is 9.68. The molecule has 1 aliphatic heterocycles. The number of carbonyl (C=O) groups is 1. The first-order valence-electron chi connectivity index (χ1n) is 4.94. The number of urea groups is 1. The highest BCUT2D eigenvalue weighted by atomic mass is 16.3. The lowest BCUT2D eigenvalue weighted by Crippen LogP contribution is -2.50. The van der Waals surface area contributed by atoms with Crippen molar-refractivity contribution in [1.82, 2.24) is 9.80 Å². The largest absolute Gasteiger partial charge is 0.395 e. The summed E-state index contributed by atoms with van der Waals surface area (Å²) in [6.45, 7) is 5.10. The monoisotopic (exact) mass is 186 g/mol. The molecule has 1 rings (SSSR count). The van der Waals surface area contributed by atoms with E-state index < -0.39 is 0 Å². The Kier molecular flexibility index (Phi) is 4.02. The molecule has 1 saturated heterocycles. The third kappa shape index (κ3) is 2.59. The molecule has 0 atom stereocenters. The molecule has 0 unspecified atom stereocenters. The molecular weight excluding hydrogens is 168 g/mol. The Balaban J connectivity index is 2.45. The van der Waals surface area contributed by atoms with Crippen molar-refractivity contribution >= 4 is 6.03 Å². The van der Waals surface area contributed by atoms with E-state index in [-0.39, 0.29) is 12.6 Å². The molecule has 0 aromatic heterocycles. The molecule has 0 bridgehead atoms. The second-order valence-electron chi connectivity index (χ2n) is 3.33. The number of aliphatic hydroxyl groups excluding tert-OH is 1. The van der Waals surface area contributed by atoms with Gasteiger partial charge in [-0.05, 0) is 12.8 Å². The number of nitrogens with zero attached hydrogens (tertiary/aromatic N) is 2. The molecule has 0 aliphatic carbocycles. The molecule has 0 radical (unpaired) electrons. The molecule has 1 N–H and O–H groups in total. The fourth-order valence-corrected chi connectivity index (χ4v) is 1.65. The van der Waals surface area contributed by atoms with E-state index >= 15 is 0 Å². The number of rotatable bonds is 4. The minimum absolute atomic E-state index is 0.0612. The van der Waals surface area contributed by atoms with Crippen LogP contribution in [0, 0.1) is 0 Å². The Bertz CT molecular complexity index is 153. The zero-order valence-corrected chi connectivity index (χ0v) is 8.20. The summed E-state index contributed by atoms with van der Waals surface area (Å²) in [5, 5.41) is 8.74. The summed E-state index contributed by atoms with van der Waals surface area (Å²) in [5.41, 5.74) is 0. The minimum Gasteiger partial charge on any atom is -0.395 e. The highest BCUT2D eigenvalue weighted by Crippen LogP contribution is 2.08. The predicted molar refractivity (Wildman–Crippen MR) is 50.5 cm³/mol. The number of hydrogen-bond donors (Lipinski definition) is 1. The molecule has 1 fully saturated rings. The second kappa shape index (κ2) is 5.07. The zero-order valence-electron chi connectivity index (χ0n) is 8.20. The summed E-state index contributed by atoms with van der Waals surface area (Å²) < 4.78 is 0. The smallest absolute Gasteiger partial charge is 0.320 e. The van der Waals surface area contributed by atoms with E-state index in [2.05, 4.69) is 6.92 Å². The molecule has 4 heteroatoms. The van der Waals surface area contributed by atoms with Crippen molar-refractivity contribution in [3.8, 4) is 0 Å². The van der Waals surface area contributed by atoms with Gasteiger partial charge in [-0.25, -0.2) is 4.79 Å². The summed E-state index contributed by atoms with van der Waals surface area (Å²) in [7, 11) is 0. The van der Waals surface area contributed by atoms with Gasteiger partial charge >= 0.3 is 6.03 Å². The third-order valence-corrected chi connectivity index (χ3v) is 2.26. The topological polar surface area (TPSA) is 43.8 Å². The van der Waals surface area contributed by atoms with Gasteiger partial charge in [-0.3, -0.25) is 0 Å². The maximum Gasteiger partial charge on any atom is 0.320 e. The van der Waals surface area contributed by atoms with Gasteiger partial charge in [-0.1, -0.05) is 6.92 Å². The average Bonchev–Trinajstić information content (AvgIpc) is 2.13. The minimum atomic E-state index is 0.0612. The first-order valence-corrected chi connectivity index (χ1v) is 4.94. The van der Waals surface area contributed by atoms with Crippen molar-refractivity contribution in [2.24, 2.45) is 0 Å². The first-order chi connectivity index (χ1) is 6.29. The van der Waals surface area contributed by atoms with Crippen molar-refractivity contribution in [2.45, 2.75) is 19.8 Å². The van der Waals surface area contributed by atoms with E-state index in [0.29, 0.717) is 6.54 Å². The third-order valence-electron chi connectivity index (χ3n) is 2.26. The molecular formula is C9H18N2O2. The van der Waals surface area contributed by atoms with Crippen molar-refractivity contribution in [1.29, 1.82) is 0 Å². The summed E-state index contributed by atoms with van der Waals surface area (Å²) in [6.07, 6.45) is 2.02. The van der Waals surface area contributed by atoms with E-state index in [1.165, 1.54) is 0 Å². The molecule has 0 spiro atoms. The van der Waals surface area contributed by atoms with Crippen LogP contribution in [0.1, 0.15) is 19.8 Å². The van der Waals surface area contributed by atoms with Gasteiger partial charge in [-0.15, -0.1) is 0 Å². The lowest BCUT2D eigenvalue weighted by atomic mass is 10.2. The SMILES string of the molecule is CCCN1CCCN(CCO)C1=O. The fraction of sp³-hybridized carbons (Fsp3) is 0.889. The van der Waals surface area contributed by atoms with Gasteiger partial charge in [-0.2, -0.15) is 0 Å². The highest BCUT2D eigenvalue weighted by Gasteiger charge is 2.23. The standard InChI is InChI=1S/C9H18N2O2/c1-2-4-10-5-3-6-11(7-8-12)9(10)13/h12H,2-8H2,1H3. The Hall–Kier alpha value is -0.770. The predicted octanol–water partition coefficient (Wildman–Crippen LogP) is 0.516. The number of carbonyl (C=O) groups excluding carboxylic acids is 1. The van der Waals surface area contributed by atoms with Crippen LogP contribution in [0.2, 0.25) is 0 Å². The number of β-amino-alcohol motifs (C(OH)–C–C–N with tert-alkyl or cyclic N) is 1. The maximum absolute atomic E-state index is 11.6. The van der Waals surface area contributed by atoms with Crippen LogP contribution in [-0.4, -0.2) is 53.7 Å². The molecule has 1 aliphatic rings. The van der Waals surface area contributed by atoms with Gasteiger partial charge in [0.05, 0.1) is 6.61 Å². The number of amides is 2. The van der Waals surface area contributed by atoms with Crippen LogP contribution in [0.3, 0.4) is 0 Å². The molecule has 1 heterocycles. The van der Waals surface area contributed by atoms with Crippen LogP contribution in [0.25, 0.3) is 0 Å². The van der Waals surface area contributed by atoms with Crippen molar-refractivity contribution in [3.05, 3.63) is 0 Å². The Morgan fingerprint density at radius 1 is 1.31 bits per heavy atom. The van der Waals surface area contributed by atoms with E-state index in [4.69, 9.17) is 5.11 Å². The van der Waals surface area contributed by atoms with Crippen LogP contribution >= 0.6 is 0 Å². The van der Waals surface area contributed by atoms with Gasteiger partial charge in [0.2, 0.25) is 0 Å². The molecule has 0 aromatic carbocycles. The van der Waals surface area contributed by atoms with Crippen molar-refractivity contribution in [2.75, 3.05) is 32.8 Å². The van der Waals surface area contributed by atoms with Crippen LogP contribution in [0.5, 0.6) is 0 Å². The van der Waals surface area contributed by atoms with Crippen LogP contribution < -0.4 is 0 Å².